The molecule has 8 bridgehead atoms. The van der Waals surface area contributed by atoms with Crippen molar-refractivity contribution in [2.75, 3.05) is 20.3 Å². The van der Waals surface area contributed by atoms with Crippen molar-refractivity contribution < 1.29 is 24.2 Å². The van der Waals surface area contributed by atoms with Crippen LogP contribution >= 0.6 is 0 Å². The molecule has 3 aliphatic heterocycles. The van der Waals surface area contributed by atoms with Gasteiger partial charge in [-0.3, -0.25) is 14.6 Å². The van der Waals surface area contributed by atoms with Crippen LogP contribution in [-0.2, 0) is 14.3 Å². The third-order valence-corrected chi connectivity index (χ3v) is 9.56. The molecule has 2 amide bonds. The number of imide groups is 1. The Hall–Kier alpha value is -4.44. The minimum atomic E-state index is -0.694. The van der Waals surface area contributed by atoms with Crippen molar-refractivity contribution in [3.05, 3.63) is 73.5 Å². The van der Waals surface area contributed by atoms with Crippen molar-refractivity contribution in [3.63, 3.8) is 0 Å². The number of aryl methyl sites for hydroxylation is 2. The molecule has 0 aromatic carbocycles. The van der Waals surface area contributed by atoms with E-state index < -0.39 is 6.09 Å². The Morgan fingerprint density at radius 1 is 1.11 bits per heavy atom. The Morgan fingerprint density at radius 3 is 2.67 bits per heavy atom. The van der Waals surface area contributed by atoms with Crippen LogP contribution in [0.2, 0.25) is 0 Å². The van der Waals surface area contributed by atoms with Crippen LogP contribution in [0.4, 0.5) is 4.79 Å². The van der Waals surface area contributed by atoms with Crippen LogP contribution in [0.3, 0.4) is 0 Å². The average molecular weight is 612 g/mol. The van der Waals surface area contributed by atoms with Crippen LogP contribution in [0.25, 0.3) is 18.2 Å². The second-order valence-electron chi connectivity index (χ2n) is 12.5. The highest BCUT2D eigenvalue weighted by Gasteiger charge is 2.43. The maximum absolute atomic E-state index is 13.5. The van der Waals surface area contributed by atoms with Crippen molar-refractivity contribution >= 4 is 41.7 Å². The predicted octanol–water partition coefficient (Wildman–Crippen LogP) is 3.29. The number of nitrogens with one attached hydrogen (secondary N) is 3. The molecule has 4 aliphatic rings. The van der Waals surface area contributed by atoms with E-state index in [2.05, 4.69) is 66.4 Å². The molecule has 10 nitrogen and oxygen atoms in total. The van der Waals surface area contributed by atoms with Gasteiger partial charge in [-0.05, 0) is 87.1 Å². The van der Waals surface area contributed by atoms with Gasteiger partial charge in [-0.15, -0.1) is 0 Å². The lowest BCUT2D eigenvalue weighted by molar-refractivity contribution is -0.129. The number of H-pyrrole nitrogens is 2. The summed E-state index contributed by atoms with van der Waals surface area (Å²) in [7, 11) is 1.26. The fourth-order valence-electron chi connectivity index (χ4n) is 7.00. The zero-order valence-corrected chi connectivity index (χ0v) is 26.5. The number of hydrogen-bond acceptors (Lipinski definition) is 7. The highest BCUT2D eigenvalue weighted by molar-refractivity contribution is 6.37. The standard InChI is InChI=1S/C35H41N5O5/c1-18-12-23-15-28-21(4)32-30(42)16-25(34(32)39-28)33-24(8-9-31(43)40(35(44)45-5)10-6-7-11-41)20(3)29(38-33)17-27-19(2)13-22(37-27)14-26(18)36-23/h12-15,17,20,24,28,36-38,41H,6-11,16H2,1-5H3. The molecule has 4 N–H and O–H groups in total. The summed E-state index contributed by atoms with van der Waals surface area (Å²) in [6.07, 6.45) is 7.45. The van der Waals surface area contributed by atoms with Gasteiger partial charge in [-0.2, -0.15) is 0 Å². The van der Waals surface area contributed by atoms with Crippen molar-refractivity contribution in [1.29, 1.82) is 0 Å². The number of rotatable bonds is 7. The number of methoxy groups -OCH3 is 1. The van der Waals surface area contributed by atoms with E-state index in [0.29, 0.717) is 24.8 Å². The molecule has 6 rings (SSSR count). The van der Waals surface area contributed by atoms with Crippen molar-refractivity contribution in [1.82, 2.24) is 20.2 Å². The summed E-state index contributed by atoms with van der Waals surface area (Å²) in [5, 5.41) is 14.8. The van der Waals surface area contributed by atoms with Crippen molar-refractivity contribution in [2.45, 2.75) is 65.8 Å². The maximum Gasteiger partial charge on any atom is 0.416 e. The second kappa shape index (κ2) is 12.2. The molecule has 45 heavy (non-hydrogen) atoms. The molecule has 5 heterocycles. The third kappa shape index (κ3) is 5.63. The predicted molar refractivity (Wildman–Crippen MR) is 172 cm³/mol. The molecule has 3 atom stereocenters. The molecule has 3 unspecified atom stereocenters. The lowest BCUT2D eigenvalue weighted by Gasteiger charge is -2.22. The summed E-state index contributed by atoms with van der Waals surface area (Å²) in [6, 6.07) is 3.98. The molecule has 2 aromatic rings. The number of aliphatic imine (C=N–C) groups is 1. The van der Waals surface area contributed by atoms with Gasteiger partial charge < -0.3 is 25.1 Å². The highest BCUT2D eigenvalue weighted by Crippen LogP contribution is 2.44. The van der Waals surface area contributed by atoms with Gasteiger partial charge in [0.05, 0.1) is 18.9 Å². The number of ketones is 1. The van der Waals surface area contributed by atoms with E-state index in [1.807, 2.05) is 6.92 Å². The zero-order chi connectivity index (χ0) is 32.0. The Kier molecular flexibility index (Phi) is 8.26. The molecule has 2 fully saturated rings. The number of aromatic nitrogens is 2. The first kappa shape index (κ1) is 30.6. The van der Waals surface area contributed by atoms with E-state index in [0.717, 1.165) is 66.4 Å². The van der Waals surface area contributed by atoms with Crippen LogP contribution in [0.1, 0.15) is 68.5 Å². The highest BCUT2D eigenvalue weighted by atomic mass is 16.5. The summed E-state index contributed by atoms with van der Waals surface area (Å²) in [6.45, 7) is 8.45. The fraction of sp³-hybridized carbons (Fsp3) is 0.429. The first-order chi connectivity index (χ1) is 21.6. The van der Waals surface area contributed by atoms with E-state index in [9.17, 15) is 19.5 Å². The van der Waals surface area contributed by atoms with Crippen LogP contribution in [0.15, 0.2) is 45.2 Å². The lowest BCUT2D eigenvalue weighted by atomic mass is 9.86. The number of aromatic amines is 2. The number of hydrogen-bond donors (Lipinski definition) is 4. The number of carbonyl (C=O) groups is 3. The summed E-state index contributed by atoms with van der Waals surface area (Å²) < 4.78 is 4.89. The number of aliphatic hydroxyl groups excluding tert-OH is 1. The number of ether oxygens (including phenoxy) is 1. The molecule has 1 aliphatic carbocycles. The van der Waals surface area contributed by atoms with Gasteiger partial charge in [0.25, 0.3) is 0 Å². The minimum Gasteiger partial charge on any atom is -0.452 e. The number of unbranched alkanes of at least 4 members (excludes halogenated alkanes) is 1. The molecular formula is C35H41N5O5. The molecule has 236 valence electrons. The number of nitrogens with zero attached hydrogens (tertiary/aromatic N) is 2. The first-order valence-electron chi connectivity index (χ1n) is 15.7. The van der Waals surface area contributed by atoms with Crippen LogP contribution < -0.4 is 16.0 Å². The molecule has 1 saturated carbocycles. The van der Waals surface area contributed by atoms with Crippen molar-refractivity contribution in [2.24, 2.45) is 16.8 Å². The number of allylic oxidation sites excluding steroid dienone is 4. The second-order valence-corrected chi connectivity index (χ2v) is 12.5. The van der Waals surface area contributed by atoms with Gasteiger partial charge in [0.1, 0.15) is 0 Å². The number of carbonyl (C=O) groups excluding carboxylic acids is 3. The number of Topliss-reactive ketones (excluding diaryl/α,β-unsaturated/α-hetero) is 1. The molecular weight excluding hydrogens is 570 g/mol. The normalized spacial score (nSPS) is 21.7. The quantitative estimate of drug-likeness (QED) is 0.355. The monoisotopic (exact) mass is 611 g/mol. The average Bonchev–Trinajstić information content (AvgIpc) is 3.78. The number of fused-ring (bicyclic) bond motifs is 7. The fourth-order valence-corrected chi connectivity index (χ4v) is 7.00. The Bertz CT molecular complexity index is 1830. The number of amides is 2. The minimum absolute atomic E-state index is 0.00783. The summed E-state index contributed by atoms with van der Waals surface area (Å²) in [5.74, 6) is -0.349. The molecule has 10 heteroatoms. The van der Waals surface area contributed by atoms with Crippen LogP contribution in [-0.4, -0.2) is 69.8 Å². The van der Waals surface area contributed by atoms with E-state index in [4.69, 9.17) is 9.73 Å². The Labute approximate surface area is 262 Å². The van der Waals surface area contributed by atoms with E-state index in [-0.39, 0.29) is 55.6 Å². The SMILES string of the molecule is COC(=O)N(CCCCO)C(=O)CCC1C2=C3CC(=O)C4=C(C)C(C=c5cc(C)c([nH]5)=Cc5cc(C)c([nH]5)C=C(N2)C1C)N=C34. The largest absolute Gasteiger partial charge is 0.452 e. The number of aliphatic hydroxyl groups is 1. The van der Waals surface area contributed by atoms with Gasteiger partial charge in [-0.1, -0.05) is 6.92 Å². The van der Waals surface area contributed by atoms with Gasteiger partial charge >= 0.3 is 6.09 Å². The summed E-state index contributed by atoms with van der Waals surface area (Å²) in [5.41, 5.74) is 9.39. The Balaban J connectivity index is 1.43. The molecule has 2 aromatic heterocycles. The van der Waals surface area contributed by atoms with E-state index in [1.165, 1.54) is 7.11 Å². The molecule has 0 spiro atoms. The van der Waals surface area contributed by atoms with E-state index in [1.54, 1.807) is 0 Å². The lowest BCUT2D eigenvalue weighted by Crippen LogP contribution is -2.38. The van der Waals surface area contributed by atoms with Gasteiger partial charge in [0.15, 0.2) is 5.78 Å². The Morgan fingerprint density at radius 2 is 1.91 bits per heavy atom. The maximum atomic E-state index is 13.5. The van der Waals surface area contributed by atoms with Gasteiger partial charge in [0, 0.05) is 82.5 Å². The van der Waals surface area contributed by atoms with Gasteiger partial charge in [0.2, 0.25) is 5.91 Å². The molecule has 1 saturated heterocycles. The van der Waals surface area contributed by atoms with Gasteiger partial charge in [-0.25, -0.2) is 9.69 Å². The smallest absolute Gasteiger partial charge is 0.416 e. The zero-order valence-electron chi connectivity index (χ0n) is 26.5. The first-order valence-corrected chi connectivity index (χ1v) is 15.7. The summed E-state index contributed by atoms with van der Waals surface area (Å²) >= 11 is 0. The van der Waals surface area contributed by atoms with Crippen molar-refractivity contribution in [3.8, 4) is 0 Å². The topological polar surface area (TPSA) is 140 Å². The summed E-state index contributed by atoms with van der Waals surface area (Å²) in [4.78, 5) is 52.6. The third-order valence-electron chi connectivity index (χ3n) is 9.56. The van der Waals surface area contributed by atoms with E-state index >= 15 is 0 Å². The molecule has 0 radical (unpaired) electrons. The van der Waals surface area contributed by atoms with Crippen LogP contribution in [0, 0.1) is 25.7 Å². The van der Waals surface area contributed by atoms with Crippen LogP contribution in [0.5, 0.6) is 0 Å².